The molecular weight excluding hydrogens is 428 g/mol. The summed E-state index contributed by atoms with van der Waals surface area (Å²) in [5.41, 5.74) is 4.57. The van der Waals surface area contributed by atoms with Gasteiger partial charge in [-0.05, 0) is 60.7 Å². The van der Waals surface area contributed by atoms with Gasteiger partial charge in [-0.1, -0.05) is 18.2 Å². The first-order valence-corrected chi connectivity index (χ1v) is 10.4. The molecule has 0 fully saturated rings. The Labute approximate surface area is 192 Å². The summed E-state index contributed by atoms with van der Waals surface area (Å²) in [7, 11) is 0. The standard InChI is InChI=1S/C25H28O8/c1-14-9-16(3)21(10-15(14)2)13-30-25(29)24(33-19(6)28)12-20-7-8-22(31-17(4)26)23(11-20)32-18(5)27/h7-11,24H,12-13H2,1-6H3. The lowest BCUT2D eigenvalue weighted by atomic mass is 10.0. The van der Waals surface area contributed by atoms with Crippen molar-refractivity contribution in [2.75, 3.05) is 0 Å². The summed E-state index contributed by atoms with van der Waals surface area (Å²) in [6, 6.07) is 8.42. The Balaban J connectivity index is 2.21. The van der Waals surface area contributed by atoms with E-state index in [0.29, 0.717) is 5.56 Å². The average molecular weight is 456 g/mol. The molecule has 0 spiro atoms. The SMILES string of the molecule is CC(=O)Oc1ccc(CC(OC(C)=O)C(=O)OCc2cc(C)c(C)cc2C)cc1OC(C)=O. The molecule has 0 saturated heterocycles. The van der Waals surface area contributed by atoms with Crippen LogP contribution in [0.5, 0.6) is 11.5 Å². The molecule has 0 N–H and O–H groups in total. The van der Waals surface area contributed by atoms with Crippen molar-refractivity contribution in [3.05, 3.63) is 58.1 Å². The highest BCUT2D eigenvalue weighted by Crippen LogP contribution is 2.30. The predicted molar refractivity (Wildman–Crippen MR) is 119 cm³/mol. The Morgan fingerprint density at radius 2 is 1.36 bits per heavy atom. The molecule has 0 bridgehead atoms. The van der Waals surface area contributed by atoms with Gasteiger partial charge in [-0.2, -0.15) is 0 Å². The number of aryl methyl sites for hydroxylation is 3. The molecule has 176 valence electrons. The summed E-state index contributed by atoms with van der Waals surface area (Å²) >= 11 is 0. The molecule has 1 unspecified atom stereocenters. The minimum atomic E-state index is -1.21. The zero-order valence-corrected chi connectivity index (χ0v) is 19.6. The van der Waals surface area contributed by atoms with Crippen LogP contribution in [0.4, 0.5) is 0 Å². The summed E-state index contributed by atoms with van der Waals surface area (Å²) in [6.45, 7) is 9.57. The first-order chi connectivity index (χ1) is 15.5. The largest absolute Gasteiger partial charge is 0.458 e. The van der Waals surface area contributed by atoms with E-state index >= 15 is 0 Å². The summed E-state index contributed by atoms with van der Waals surface area (Å²) in [5.74, 6) is -2.48. The van der Waals surface area contributed by atoms with E-state index in [1.165, 1.54) is 32.9 Å². The molecule has 0 aliphatic rings. The maximum atomic E-state index is 12.7. The fourth-order valence-electron chi connectivity index (χ4n) is 3.16. The Morgan fingerprint density at radius 3 is 1.97 bits per heavy atom. The van der Waals surface area contributed by atoms with Gasteiger partial charge in [0, 0.05) is 27.2 Å². The molecule has 0 heterocycles. The minimum Gasteiger partial charge on any atom is -0.458 e. The Kier molecular flexibility index (Phi) is 8.73. The maximum absolute atomic E-state index is 12.7. The van der Waals surface area contributed by atoms with Gasteiger partial charge < -0.3 is 18.9 Å². The molecule has 8 nitrogen and oxygen atoms in total. The van der Waals surface area contributed by atoms with E-state index in [-0.39, 0.29) is 24.5 Å². The number of carbonyl (C=O) groups is 4. The van der Waals surface area contributed by atoms with E-state index in [2.05, 4.69) is 0 Å². The topological polar surface area (TPSA) is 105 Å². The van der Waals surface area contributed by atoms with E-state index in [1.54, 1.807) is 6.07 Å². The van der Waals surface area contributed by atoms with Crippen LogP contribution in [0.3, 0.4) is 0 Å². The number of ether oxygens (including phenoxy) is 4. The minimum absolute atomic E-state index is 0.0101. The number of hydrogen-bond acceptors (Lipinski definition) is 8. The van der Waals surface area contributed by atoms with Crippen molar-refractivity contribution >= 4 is 23.9 Å². The molecule has 2 rings (SSSR count). The zero-order chi connectivity index (χ0) is 24.7. The molecule has 0 aromatic heterocycles. The lowest BCUT2D eigenvalue weighted by Crippen LogP contribution is -2.30. The van der Waals surface area contributed by atoms with Gasteiger partial charge in [0.1, 0.15) is 6.61 Å². The number of hydrogen-bond donors (Lipinski definition) is 0. The molecule has 0 amide bonds. The van der Waals surface area contributed by atoms with Gasteiger partial charge in [0.15, 0.2) is 11.5 Å². The summed E-state index contributed by atoms with van der Waals surface area (Å²) in [5, 5.41) is 0. The monoisotopic (exact) mass is 456 g/mol. The Bertz CT molecular complexity index is 1070. The lowest BCUT2D eigenvalue weighted by Gasteiger charge is -2.18. The number of carbonyl (C=O) groups excluding carboxylic acids is 4. The second-order valence-electron chi connectivity index (χ2n) is 7.74. The van der Waals surface area contributed by atoms with Crippen molar-refractivity contribution in [1.82, 2.24) is 0 Å². The van der Waals surface area contributed by atoms with Crippen LogP contribution >= 0.6 is 0 Å². The van der Waals surface area contributed by atoms with Crippen molar-refractivity contribution < 1.29 is 38.1 Å². The van der Waals surface area contributed by atoms with E-state index < -0.39 is 30.0 Å². The van der Waals surface area contributed by atoms with Crippen molar-refractivity contribution in [2.24, 2.45) is 0 Å². The maximum Gasteiger partial charge on any atom is 0.348 e. The average Bonchev–Trinajstić information content (AvgIpc) is 2.69. The molecule has 8 heteroatoms. The summed E-state index contributed by atoms with van der Waals surface area (Å²) in [4.78, 5) is 47.1. The molecule has 2 aromatic carbocycles. The Morgan fingerprint density at radius 1 is 0.758 bits per heavy atom. The quantitative estimate of drug-likeness (QED) is 0.438. The van der Waals surface area contributed by atoms with Gasteiger partial charge in [0.25, 0.3) is 0 Å². The first-order valence-electron chi connectivity index (χ1n) is 10.4. The molecule has 0 radical (unpaired) electrons. The second-order valence-corrected chi connectivity index (χ2v) is 7.74. The molecule has 0 aliphatic carbocycles. The third-order valence-electron chi connectivity index (χ3n) is 4.83. The summed E-state index contributed by atoms with van der Waals surface area (Å²) < 4.78 is 20.8. The second kappa shape index (κ2) is 11.3. The highest BCUT2D eigenvalue weighted by molar-refractivity contribution is 5.79. The van der Waals surface area contributed by atoms with E-state index in [0.717, 1.165) is 22.3 Å². The van der Waals surface area contributed by atoms with E-state index in [4.69, 9.17) is 18.9 Å². The highest BCUT2D eigenvalue weighted by Gasteiger charge is 2.25. The van der Waals surface area contributed by atoms with Crippen LogP contribution in [0.15, 0.2) is 30.3 Å². The van der Waals surface area contributed by atoms with Crippen LogP contribution in [0.2, 0.25) is 0 Å². The molecule has 2 aromatic rings. The number of benzene rings is 2. The number of rotatable bonds is 8. The van der Waals surface area contributed by atoms with Crippen LogP contribution in [-0.4, -0.2) is 30.0 Å². The third kappa shape index (κ3) is 7.75. The highest BCUT2D eigenvalue weighted by atomic mass is 16.6. The van der Waals surface area contributed by atoms with Crippen LogP contribution in [0.25, 0.3) is 0 Å². The van der Waals surface area contributed by atoms with Gasteiger partial charge in [-0.25, -0.2) is 4.79 Å². The van der Waals surface area contributed by atoms with Gasteiger partial charge in [0.05, 0.1) is 0 Å². The van der Waals surface area contributed by atoms with Crippen molar-refractivity contribution in [2.45, 2.75) is 60.7 Å². The van der Waals surface area contributed by atoms with Crippen molar-refractivity contribution in [1.29, 1.82) is 0 Å². The normalized spacial score (nSPS) is 11.3. The molecular formula is C25H28O8. The van der Waals surface area contributed by atoms with Crippen molar-refractivity contribution in [3.63, 3.8) is 0 Å². The third-order valence-corrected chi connectivity index (χ3v) is 4.83. The predicted octanol–water partition coefficient (Wildman–Crippen LogP) is 3.68. The van der Waals surface area contributed by atoms with Crippen LogP contribution in [0, 0.1) is 20.8 Å². The van der Waals surface area contributed by atoms with Crippen LogP contribution in [-0.2, 0) is 41.7 Å². The fraction of sp³-hybridized carbons (Fsp3) is 0.360. The molecule has 1 atom stereocenters. The van der Waals surface area contributed by atoms with Gasteiger partial charge in [0.2, 0.25) is 6.10 Å². The van der Waals surface area contributed by atoms with Gasteiger partial charge in [-0.15, -0.1) is 0 Å². The zero-order valence-electron chi connectivity index (χ0n) is 19.6. The van der Waals surface area contributed by atoms with Gasteiger partial charge in [-0.3, -0.25) is 14.4 Å². The molecule has 33 heavy (non-hydrogen) atoms. The Hall–Kier alpha value is -3.68. The smallest absolute Gasteiger partial charge is 0.348 e. The van der Waals surface area contributed by atoms with Crippen LogP contribution < -0.4 is 9.47 Å². The summed E-state index contributed by atoms with van der Waals surface area (Å²) in [6.07, 6.45) is -1.24. The van der Waals surface area contributed by atoms with Crippen LogP contribution in [0.1, 0.15) is 48.6 Å². The fourth-order valence-corrected chi connectivity index (χ4v) is 3.16. The molecule has 0 aliphatic heterocycles. The van der Waals surface area contributed by atoms with E-state index in [9.17, 15) is 19.2 Å². The molecule has 0 saturated carbocycles. The number of esters is 4. The first kappa shape index (κ1) is 25.6. The van der Waals surface area contributed by atoms with E-state index in [1.807, 2.05) is 32.9 Å². The van der Waals surface area contributed by atoms with Gasteiger partial charge >= 0.3 is 23.9 Å². The lowest BCUT2D eigenvalue weighted by molar-refractivity contribution is -0.167. The van der Waals surface area contributed by atoms with Crippen molar-refractivity contribution in [3.8, 4) is 11.5 Å².